The Hall–Kier alpha value is -2.89. The summed E-state index contributed by atoms with van der Waals surface area (Å²) in [6.07, 6.45) is 1.63. The van der Waals surface area contributed by atoms with Crippen LogP contribution >= 0.6 is 0 Å². The first-order valence-corrected chi connectivity index (χ1v) is 6.43. The Morgan fingerprint density at radius 2 is 1.95 bits per heavy atom. The lowest BCUT2D eigenvalue weighted by Gasteiger charge is -2.03. The normalized spacial score (nSPS) is 12.8. The van der Waals surface area contributed by atoms with E-state index in [1.807, 2.05) is 31.2 Å². The first-order chi connectivity index (χ1) is 10.2. The highest BCUT2D eigenvalue weighted by atomic mass is 16.7. The molecule has 0 fully saturated rings. The molecule has 6 heteroatoms. The number of hydrogen-bond donors (Lipinski definition) is 1. The van der Waals surface area contributed by atoms with Crippen molar-refractivity contribution in [1.82, 2.24) is 5.16 Å². The SMILES string of the molecule is Cc1cc(-c2noc(N)c2-c2ccc3c(c2)OCO3)co1. The summed E-state index contributed by atoms with van der Waals surface area (Å²) in [5, 5.41) is 4.04. The van der Waals surface area contributed by atoms with Gasteiger partial charge in [-0.1, -0.05) is 11.2 Å². The number of hydrogen-bond acceptors (Lipinski definition) is 6. The second-order valence-electron chi connectivity index (χ2n) is 4.78. The van der Waals surface area contributed by atoms with Gasteiger partial charge in [-0.3, -0.25) is 0 Å². The average molecular weight is 284 g/mol. The highest BCUT2D eigenvalue weighted by Crippen LogP contribution is 2.41. The lowest BCUT2D eigenvalue weighted by Crippen LogP contribution is -1.92. The van der Waals surface area contributed by atoms with E-state index in [9.17, 15) is 0 Å². The Bertz CT molecular complexity index is 819. The van der Waals surface area contributed by atoms with Crippen molar-refractivity contribution in [2.24, 2.45) is 0 Å². The molecule has 0 atom stereocenters. The highest BCUT2D eigenvalue weighted by molar-refractivity contribution is 5.87. The van der Waals surface area contributed by atoms with E-state index in [2.05, 4.69) is 5.16 Å². The number of furan rings is 1. The summed E-state index contributed by atoms with van der Waals surface area (Å²) in [6.45, 7) is 2.10. The molecule has 0 amide bonds. The molecule has 0 bridgehead atoms. The Morgan fingerprint density at radius 1 is 1.10 bits per heavy atom. The van der Waals surface area contributed by atoms with Gasteiger partial charge in [-0.25, -0.2) is 0 Å². The van der Waals surface area contributed by atoms with Crippen LogP contribution in [-0.4, -0.2) is 11.9 Å². The van der Waals surface area contributed by atoms with Gasteiger partial charge >= 0.3 is 0 Å². The van der Waals surface area contributed by atoms with E-state index < -0.39 is 0 Å². The van der Waals surface area contributed by atoms with Crippen molar-refractivity contribution >= 4 is 5.88 Å². The molecule has 2 N–H and O–H groups in total. The van der Waals surface area contributed by atoms with E-state index in [-0.39, 0.29) is 12.7 Å². The van der Waals surface area contributed by atoms with Crippen LogP contribution in [0.1, 0.15) is 5.76 Å². The van der Waals surface area contributed by atoms with Gasteiger partial charge in [0.1, 0.15) is 17.7 Å². The summed E-state index contributed by atoms with van der Waals surface area (Å²) in [4.78, 5) is 0. The standard InChI is InChI=1S/C15H12N2O4/c1-8-4-10(6-18-8)14-13(15(16)21-17-14)9-2-3-11-12(5-9)20-7-19-11/h2-6H,7,16H2,1H3. The van der Waals surface area contributed by atoms with Crippen molar-refractivity contribution in [2.75, 3.05) is 12.5 Å². The van der Waals surface area contributed by atoms with Gasteiger partial charge in [0.2, 0.25) is 12.7 Å². The maximum Gasteiger partial charge on any atom is 0.231 e. The lowest BCUT2D eigenvalue weighted by atomic mass is 10.0. The summed E-state index contributed by atoms with van der Waals surface area (Å²) in [5.41, 5.74) is 8.96. The van der Waals surface area contributed by atoms with Crippen LogP contribution in [0.15, 0.2) is 39.5 Å². The molecule has 0 saturated heterocycles. The molecule has 0 aliphatic carbocycles. The molecule has 1 aromatic carbocycles. The number of anilines is 1. The zero-order chi connectivity index (χ0) is 14.4. The monoisotopic (exact) mass is 284 g/mol. The van der Waals surface area contributed by atoms with Gasteiger partial charge in [0.25, 0.3) is 0 Å². The van der Waals surface area contributed by atoms with E-state index in [0.29, 0.717) is 17.0 Å². The number of nitrogen functional groups attached to an aromatic ring is 1. The van der Waals surface area contributed by atoms with E-state index in [1.54, 1.807) is 6.26 Å². The van der Waals surface area contributed by atoms with Crippen molar-refractivity contribution in [1.29, 1.82) is 0 Å². The van der Waals surface area contributed by atoms with Crippen molar-refractivity contribution < 1.29 is 18.4 Å². The molecule has 4 rings (SSSR count). The quantitative estimate of drug-likeness (QED) is 0.777. The third kappa shape index (κ3) is 1.84. The molecule has 0 radical (unpaired) electrons. The number of benzene rings is 1. The van der Waals surface area contributed by atoms with E-state index >= 15 is 0 Å². The molecular formula is C15H12N2O4. The Balaban J connectivity index is 1.87. The minimum Gasteiger partial charge on any atom is -0.469 e. The molecule has 2 aromatic heterocycles. The molecule has 3 heterocycles. The fraction of sp³-hybridized carbons (Fsp3) is 0.133. The van der Waals surface area contributed by atoms with Crippen molar-refractivity contribution in [3.8, 4) is 33.9 Å². The van der Waals surface area contributed by atoms with Gasteiger partial charge in [-0.2, -0.15) is 0 Å². The number of nitrogens with two attached hydrogens (primary N) is 1. The van der Waals surface area contributed by atoms with Crippen LogP contribution in [0.5, 0.6) is 11.5 Å². The third-order valence-corrected chi connectivity index (χ3v) is 3.38. The van der Waals surface area contributed by atoms with Gasteiger partial charge in [-0.05, 0) is 30.7 Å². The zero-order valence-electron chi connectivity index (χ0n) is 11.3. The largest absolute Gasteiger partial charge is 0.469 e. The van der Waals surface area contributed by atoms with Gasteiger partial charge in [0, 0.05) is 5.56 Å². The molecule has 1 aliphatic heterocycles. The molecule has 6 nitrogen and oxygen atoms in total. The fourth-order valence-electron chi connectivity index (χ4n) is 2.40. The van der Waals surface area contributed by atoms with Gasteiger partial charge in [0.05, 0.1) is 5.56 Å². The van der Waals surface area contributed by atoms with Gasteiger partial charge in [0.15, 0.2) is 11.5 Å². The number of aromatic nitrogens is 1. The van der Waals surface area contributed by atoms with Crippen LogP contribution in [-0.2, 0) is 0 Å². The van der Waals surface area contributed by atoms with Crippen molar-refractivity contribution in [3.05, 3.63) is 36.3 Å². The van der Waals surface area contributed by atoms with Crippen LogP contribution in [0, 0.1) is 6.92 Å². The van der Waals surface area contributed by atoms with Crippen LogP contribution in [0.25, 0.3) is 22.4 Å². The minimum atomic E-state index is 0.228. The number of fused-ring (bicyclic) bond motifs is 1. The first-order valence-electron chi connectivity index (χ1n) is 6.43. The minimum absolute atomic E-state index is 0.228. The Labute approximate surface area is 120 Å². The van der Waals surface area contributed by atoms with Crippen LogP contribution in [0.2, 0.25) is 0 Å². The molecule has 1 aliphatic rings. The summed E-state index contributed by atoms with van der Waals surface area (Å²) < 4.78 is 21.2. The maximum atomic E-state index is 5.93. The average Bonchev–Trinajstić information content (AvgIpc) is 3.17. The molecular weight excluding hydrogens is 272 g/mol. The number of rotatable bonds is 2. The van der Waals surface area contributed by atoms with Crippen LogP contribution in [0.4, 0.5) is 5.88 Å². The predicted octanol–water partition coefficient (Wildman–Crippen LogP) is 3.22. The second-order valence-corrected chi connectivity index (χ2v) is 4.78. The topological polar surface area (TPSA) is 83.7 Å². The number of nitrogens with zero attached hydrogens (tertiary/aromatic N) is 1. The van der Waals surface area contributed by atoms with Crippen LogP contribution < -0.4 is 15.2 Å². The first kappa shape index (κ1) is 11.9. The van der Waals surface area contributed by atoms with E-state index in [0.717, 1.165) is 22.6 Å². The highest BCUT2D eigenvalue weighted by Gasteiger charge is 2.21. The van der Waals surface area contributed by atoms with E-state index in [1.165, 1.54) is 0 Å². The third-order valence-electron chi connectivity index (χ3n) is 3.38. The van der Waals surface area contributed by atoms with Crippen LogP contribution in [0.3, 0.4) is 0 Å². The summed E-state index contributed by atoms with van der Waals surface area (Å²) in [6, 6.07) is 7.48. The summed E-state index contributed by atoms with van der Waals surface area (Å²) >= 11 is 0. The molecule has 21 heavy (non-hydrogen) atoms. The fourth-order valence-corrected chi connectivity index (χ4v) is 2.40. The zero-order valence-corrected chi connectivity index (χ0v) is 11.3. The van der Waals surface area contributed by atoms with E-state index in [4.69, 9.17) is 24.1 Å². The van der Waals surface area contributed by atoms with Gasteiger partial charge < -0.3 is 24.1 Å². The summed E-state index contributed by atoms with van der Waals surface area (Å²) in [5.74, 6) is 2.45. The number of aryl methyl sites for hydroxylation is 1. The molecule has 0 saturated carbocycles. The molecule has 106 valence electrons. The molecule has 3 aromatic rings. The maximum absolute atomic E-state index is 5.93. The Morgan fingerprint density at radius 3 is 2.76 bits per heavy atom. The second kappa shape index (κ2) is 4.31. The lowest BCUT2D eigenvalue weighted by molar-refractivity contribution is 0.174. The summed E-state index contributed by atoms with van der Waals surface area (Å²) in [7, 11) is 0. The molecule has 0 unspecified atom stereocenters. The Kier molecular flexibility index (Phi) is 2.44. The van der Waals surface area contributed by atoms with Gasteiger partial charge in [-0.15, -0.1) is 0 Å². The van der Waals surface area contributed by atoms with Crippen molar-refractivity contribution in [2.45, 2.75) is 6.92 Å². The van der Waals surface area contributed by atoms with Crippen molar-refractivity contribution in [3.63, 3.8) is 0 Å². The predicted molar refractivity (Wildman–Crippen MR) is 74.9 cm³/mol. The smallest absolute Gasteiger partial charge is 0.231 e. The number of ether oxygens (including phenoxy) is 2. The molecule has 0 spiro atoms.